The van der Waals surface area contributed by atoms with Crippen LogP contribution < -0.4 is 0 Å². The molecule has 1 rings (SSSR count). The van der Waals surface area contributed by atoms with Crippen molar-refractivity contribution in [2.75, 3.05) is 0 Å². The molecule has 0 amide bonds. The van der Waals surface area contributed by atoms with Crippen LogP contribution in [-0.2, 0) is 0 Å². The van der Waals surface area contributed by atoms with E-state index in [1.54, 1.807) is 0 Å². The van der Waals surface area contributed by atoms with Crippen molar-refractivity contribution in [3.8, 4) is 0 Å². The molecule has 0 heteroatoms. The van der Waals surface area contributed by atoms with E-state index in [1.165, 1.54) is 19.3 Å². The van der Waals surface area contributed by atoms with Crippen molar-refractivity contribution in [2.45, 2.75) is 53.9 Å². The second kappa shape index (κ2) is 4.48. The van der Waals surface area contributed by atoms with E-state index in [9.17, 15) is 0 Å². The van der Waals surface area contributed by atoms with Crippen LogP contribution in [0.3, 0.4) is 0 Å². The Balaban J connectivity index is 2.30. The lowest BCUT2D eigenvalue weighted by atomic mass is 9.64. The topological polar surface area (TPSA) is 0 Å². The molecule has 0 bridgehead atoms. The number of hydrogen-bond acceptors (Lipinski definition) is 0. The van der Waals surface area contributed by atoms with Gasteiger partial charge >= 0.3 is 0 Å². The fourth-order valence-electron chi connectivity index (χ4n) is 2.51. The largest absolute Gasteiger partial charge is 0.0625 e. The summed E-state index contributed by atoms with van der Waals surface area (Å²) in [6.07, 6.45) is 4.47. The molecule has 0 aromatic heterocycles. The van der Waals surface area contributed by atoms with Gasteiger partial charge < -0.3 is 0 Å². The molecule has 13 heavy (non-hydrogen) atoms. The Morgan fingerprint density at radius 2 is 1.62 bits per heavy atom. The summed E-state index contributed by atoms with van der Waals surface area (Å²) in [6.45, 7) is 11.9. The molecule has 0 aromatic rings. The Morgan fingerprint density at radius 1 is 1.00 bits per heavy atom. The normalized spacial score (nSPS) is 30.7. The molecule has 0 heterocycles. The molecule has 78 valence electrons. The second-order valence-electron chi connectivity index (χ2n) is 5.70. The van der Waals surface area contributed by atoms with Gasteiger partial charge in [-0.25, -0.2) is 0 Å². The fraction of sp³-hybridized carbons (Fsp3) is 1.00. The first-order valence-corrected chi connectivity index (χ1v) is 6.02. The molecule has 3 atom stereocenters. The number of hydrogen-bond donors (Lipinski definition) is 0. The summed E-state index contributed by atoms with van der Waals surface area (Å²) >= 11 is 0. The van der Waals surface area contributed by atoms with Crippen LogP contribution in [0.1, 0.15) is 53.9 Å². The maximum atomic E-state index is 2.42. The summed E-state index contributed by atoms with van der Waals surface area (Å²) in [5.41, 5.74) is 0. The average Bonchev–Trinajstić information content (AvgIpc) is 1.95. The maximum absolute atomic E-state index is 2.42. The molecule has 0 nitrogen and oxygen atoms in total. The third-order valence-corrected chi connectivity index (χ3v) is 4.15. The van der Waals surface area contributed by atoms with Gasteiger partial charge in [-0.3, -0.25) is 0 Å². The van der Waals surface area contributed by atoms with E-state index < -0.39 is 0 Å². The lowest BCUT2D eigenvalue weighted by molar-refractivity contribution is 0.0900. The smallest absolute Gasteiger partial charge is 0.0362 e. The molecule has 0 aliphatic heterocycles. The van der Waals surface area contributed by atoms with Gasteiger partial charge in [-0.05, 0) is 48.9 Å². The van der Waals surface area contributed by atoms with Crippen molar-refractivity contribution in [2.24, 2.45) is 29.6 Å². The standard InChI is InChI=1S/C13H26/c1-9(2)11(5)8-12-6-7-13(12)10(3)4/h9-13H,6-8H2,1-5H3. The molecule has 0 aromatic carbocycles. The van der Waals surface area contributed by atoms with Crippen molar-refractivity contribution < 1.29 is 0 Å². The highest BCUT2D eigenvalue weighted by molar-refractivity contribution is 4.84. The molecular weight excluding hydrogens is 156 g/mol. The first-order valence-electron chi connectivity index (χ1n) is 6.02. The number of rotatable bonds is 4. The van der Waals surface area contributed by atoms with Crippen molar-refractivity contribution in [3.63, 3.8) is 0 Å². The molecule has 0 saturated heterocycles. The van der Waals surface area contributed by atoms with E-state index in [-0.39, 0.29) is 0 Å². The highest BCUT2D eigenvalue weighted by Crippen LogP contribution is 2.43. The first-order chi connectivity index (χ1) is 6.02. The van der Waals surface area contributed by atoms with Crippen molar-refractivity contribution in [1.82, 2.24) is 0 Å². The van der Waals surface area contributed by atoms with Crippen LogP contribution >= 0.6 is 0 Å². The van der Waals surface area contributed by atoms with Gasteiger partial charge in [0.2, 0.25) is 0 Å². The van der Waals surface area contributed by atoms with E-state index in [0.29, 0.717) is 0 Å². The van der Waals surface area contributed by atoms with E-state index in [2.05, 4.69) is 34.6 Å². The fourth-order valence-corrected chi connectivity index (χ4v) is 2.51. The lowest BCUT2D eigenvalue weighted by Crippen LogP contribution is -2.32. The molecule has 1 fully saturated rings. The highest BCUT2D eigenvalue weighted by Gasteiger charge is 2.33. The van der Waals surface area contributed by atoms with Gasteiger partial charge in [0.1, 0.15) is 0 Å². The van der Waals surface area contributed by atoms with E-state index in [4.69, 9.17) is 0 Å². The van der Waals surface area contributed by atoms with Gasteiger partial charge in [-0.1, -0.05) is 34.6 Å². The summed E-state index contributed by atoms with van der Waals surface area (Å²) in [5.74, 6) is 4.80. The molecule has 1 aliphatic rings. The molecule has 3 unspecified atom stereocenters. The van der Waals surface area contributed by atoms with Gasteiger partial charge in [-0.2, -0.15) is 0 Å². The van der Waals surface area contributed by atoms with Crippen LogP contribution in [0.4, 0.5) is 0 Å². The zero-order valence-electron chi connectivity index (χ0n) is 10.0. The van der Waals surface area contributed by atoms with Gasteiger partial charge in [0.05, 0.1) is 0 Å². The van der Waals surface area contributed by atoms with Crippen LogP contribution in [0.15, 0.2) is 0 Å². The predicted molar refractivity (Wildman–Crippen MR) is 59.7 cm³/mol. The third-order valence-electron chi connectivity index (χ3n) is 4.15. The van der Waals surface area contributed by atoms with E-state index >= 15 is 0 Å². The summed E-state index contributed by atoms with van der Waals surface area (Å²) in [5, 5.41) is 0. The predicted octanol–water partition coefficient (Wildman–Crippen LogP) is 4.35. The minimum Gasteiger partial charge on any atom is -0.0625 e. The zero-order chi connectivity index (χ0) is 10.0. The summed E-state index contributed by atoms with van der Waals surface area (Å²) in [7, 11) is 0. The minimum absolute atomic E-state index is 0.869. The Hall–Kier alpha value is 0. The average molecular weight is 182 g/mol. The molecule has 1 aliphatic carbocycles. The third kappa shape index (κ3) is 2.72. The van der Waals surface area contributed by atoms with Crippen molar-refractivity contribution in [1.29, 1.82) is 0 Å². The van der Waals surface area contributed by atoms with Gasteiger partial charge in [0.15, 0.2) is 0 Å². The first kappa shape index (κ1) is 11.1. The van der Waals surface area contributed by atoms with Crippen LogP contribution in [0.2, 0.25) is 0 Å². The maximum Gasteiger partial charge on any atom is -0.0362 e. The van der Waals surface area contributed by atoms with Crippen LogP contribution in [-0.4, -0.2) is 0 Å². The summed E-state index contributed by atoms with van der Waals surface area (Å²) < 4.78 is 0. The summed E-state index contributed by atoms with van der Waals surface area (Å²) in [4.78, 5) is 0. The molecule has 0 spiro atoms. The second-order valence-corrected chi connectivity index (χ2v) is 5.70. The molecule has 1 saturated carbocycles. The van der Waals surface area contributed by atoms with E-state index in [1.807, 2.05) is 0 Å². The SMILES string of the molecule is CC(C)C(C)CC1CCC1C(C)C. The minimum atomic E-state index is 0.869. The van der Waals surface area contributed by atoms with Gasteiger partial charge in [0, 0.05) is 0 Å². The van der Waals surface area contributed by atoms with E-state index in [0.717, 1.165) is 29.6 Å². The zero-order valence-corrected chi connectivity index (χ0v) is 10.0. The van der Waals surface area contributed by atoms with Crippen LogP contribution in [0, 0.1) is 29.6 Å². The highest BCUT2D eigenvalue weighted by atomic mass is 14.4. The van der Waals surface area contributed by atoms with Crippen molar-refractivity contribution >= 4 is 0 Å². The Kier molecular flexibility index (Phi) is 3.82. The van der Waals surface area contributed by atoms with Gasteiger partial charge in [0.25, 0.3) is 0 Å². The quantitative estimate of drug-likeness (QED) is 0.606. The lowest BCUT2D eigenvalue weighted by Gasteiger charge is -2.41. The Labute approximate surface area is 84.1 Å². The molecule has 0 N–H and O–H groups in total. The Morgan fingerprint density at radius 3 is 1.92 bits per heavy atom. The molecule has 0 radical (unpaired) electrons. The molecular formula is C13H26. The monoisotopic (exact) mass is 182 g/mol. The van der Waals surface area contributed by atoms with Crippen molar-refractivity contribution in [3.05, 3.63) is 0 Å². The van der Waals surface area contributed by atoms with Crippen LogP contribution in [0.25, 0.3) is 0 Å². The summed E-state index contributed by atoms with van der Waals surface area (Å²) in [6, 6.07) is 0. The van der Waals surface area contributed by atoms with Gasteiger partial charge in [-0.15, -0.1) is 0 Å². The van der Waals surface area contributed by atoms with Crippen LogP contribution in [0.5, 0.6) is 0 Å². The Bertz CT molecular complexity index is 146.